The highest BCUT2D eigenvalue weighted by atomic mass is 32.1. The zero-order chi connectivity index (χ0) is 13.0. The third-order valence-corrected chi connectivity index (χ3v) is 4.26. The van der Waals surface area contributed by atoms with Gasteiger partial charge in [0.1, 0.15) is 5.76 Å². The van der Waals surface area contributed by atoms with Gasteiger partial charge >= 0.3 is 0 Å². The maximum Gasteiger partial charge on any atom is 0.108 e. The molecule has 0 fully saturated rings. The predicted molar refractivity (Wildman–Crippen MR) is 77.3 cm³/mol. The molecule has 0 saturated heterocycles. The molecular formula is C15H21NOS. The summed E-state index contributed by atoms with van der Waals surface area (Å²) in [5.74, 6) is 1.09. The van der Waals surface area contributed by atoms with Crippen LogP contribution in [0.2, 0.25) is 0 Å². The summed E-state index contributed by atoms with van der Waals surface area (Å²) < 4.78 is 5.58. The summed E-state index contributed by atoms with van der Waals surface area (Å²) in [5, 5.41) is 5.80. The van der Waals surface area contributed by atoms with E-state index in [9.17, 15) is 0 Å². The number of aryl methyl sites for hydroxylation is 2. The Balaban J connectivity index is 2.34. The summed E-state index contributed by atoms with van der Waals surface area (Å²) in [6.45, 7) is 7.54. The van der Waals surface area contributed by atoms with Crippen LogP contribution in [0, 0.1) is 6.92 Å². The van der Waals surface area contributed by atoms with Gasteiger partial charge in [0.15, 0.2) is 0 Å². The molecule has 0 saturated carbocycles. The molecule has 2 rings (SSSR count). The summed E-state index contributed by atoms with van der Waals surface area (Å²) in [6, 6.07) is 4.57. The first-order chi connectivity index (χ1) is 8.77. The minimum absolute atomic E-state index is 0.277. The molecule has 2 aromatic rings. The first kappa shape index (κ1) is 13.4. The molecule has 0 aromatic carbocycles. The van der Waals surface area contributed by atoms with Gasteiger partial charge in [0, 0.05) is 16.9 Å². The zero-order valence-corrected chi connectivity index (χ0v) is 12.1. The maximum absolute atomic E-state index is 5.58. The number of rotatable bonds is 6. The average Bonchev–Trinajstić information content (AvgIpc) is 2.99. The van der Waals surface area contributed by atoms with Gasteiger partial charge in [0.25, 0.3) is 0 Å². The van der Waals surface area contributed by atoms with Gasteiger partial charge in [-0.05, 0) is 43.0 Å². The standard InChI is InChI=1S/C15H21NOS/c1-4-8-16-14(15-11(3)7-10-18-15)12-6-9-17-13(12)5-2/h6-7,9-10,14,16H,4-5,8H2,1-3H3. The molecule has 2 heterocycles. The van der Waals surface area contributed by atoms with Crippen molar-refractivity contribution >= 4 is 11.3 Å². The molecular weight excluding hydrogens is 242 g/mol. The van der Waals surface area contributed by atoms with Gasteiger partial charge < -0.3 is 9.73 Å². The molecule has 1 N–H and O–H groups in total. The second kappa shape index (κ2) is 6.21. The van der Waals surface area contributed by atoms with Gasteiger partial charge in [-0.25, -0.2) is 0 Å². The molecule has 2 nitrogen and oxygen atoms in total. The zero-order valence-electron chi connectivity index (χ0n) is 11.3. The number of hydrogen-bond donors (Lipinski definition) is 1. The van der Waals surface area contributed by atoms with Crippen LogP contribution in [0.4, 0.5) is 0 Å². The Morgan fingerprint density at radius 3 is 2.78 bits per heavy atom. The van der Waals surface area contributed by atoms with E-state index in [-0.39, 0.29) is 6.04 Å². The molecule has 0 bridgehead atoms. The number of nitrogens with one attached hydrogen (secondary N) is 1. The molecule has 1 unspecified atom stereocenters. The van der Waals surface area contributed by atoms with Crippen molar-refractivity contribution in [2.24, 2.45) is 0 Å². The van der Waals surface area contributed by atoms with Crippen LogP contribution in [-0.4, -0.2) is 6.54 Å². The van der Waals surface area contributed by atoms with Crippen LogP contribution < -0.4 is 5.32 Å². The van der Waals surface area contributed by atoms with Crippen molar-refractivity contribution in [3.63, 3.8) is 0 Å². The van der Waals surface area contributed by atoms with Crippen LogP contribution in [0.3, 0.4) is 0 Å². The van der Waals surface area contributed by atoms with Crippen molar-refractivity contribution in [2.45, 2.75) is 39.7 Å². The molecule has 0 amide bonds. The Hall–Kier alpha value is -1.06. The van der Waals surface area contributed by atoms with Crippen LogP contribution in [0.5, 0.6) is 0 Å². The van der Waals surface area contributed by atoms with Gasteiger partial charge in [-0.15, -0.1) is 11.3 Å². The SMILES string of the molecule is CCCNC(c1ccoc1CC)c1sccc1C. The molecule has 2 aromatic heterocycles. The molecule has 0 aliphatic heterocycles. The molecule has 0 aliphatic carbocycles. The molecule has 0 aliphatic rings. The summed E-state index contributed by atoms with van der Waals surface area (Å²) in [4.78, 5) is 1.40. The lowest BCUT2D eigenvalue weighted by Gasteiger charge is -2.18. The topological polar surface area (TPSA) is 25.2 Å². The second-order valence-corrected chi connectivity index (χ2v) is 5.46. The van der Waals surface area contributed by atoms with Crippen molar-refractivity contribution < 1.29 is 4.42 Å². The predicted octanol–water partition coefficient (Wildman–Crippen LogP) is 4.30. The average molecular weight is 263 g/mol. The van der Waals surface area contributed by atoms with Crippen LogP contribution in [0.25, 0.3) is 0 Å². The highest BCUT2D eigenvalue weighted by Gasteiger charge is 2.20. The van der Waals surface area contributed by atoms with E-state index in [1.165, 1.54) is 16.0 Å². The van der Waals surface area contributed by atoms with Crippen LogP contribution >= 0.6 is 11.3 Å². The van der Waals surface area contributed by atoms with Gasteiger partial charge in [-0.3, -0.25) is 0 Å². The first-order valence-electron chi connectivity index (χ1n) is 6.61. The van der Waals surface area contributed by atoms with E-state index in [2.05, 4.69) is 43.6 Å². The smallest absolute Gasteiger partial charge is 0.108 e. The van der Waals surface area contributed by atoms with Gasteiger partial charge in [-0.2, -0.15) is 0 Å². The van der Waals surface area contributed by atoms with Gasteiger partial charge in [-0.1, -0.05) is 13.8 Å². The fourth-order valence-corrected chi connectivity index (χ4v) is 3.23. The van der Waals surface area contributed by atoms with Crippen molar-refractivity contribution in [2.75, 3.05) is 6.54 Å². The Kier molecular flexibility index (Phi) is 4.61. The minimum Gasteiger partial charge on any atom is -0.469 e. The van der Waals surface area contributed by atoms with E-state index in [1.54, 1.807) is 6.26 Å². The molecule has 3 heteroatoms. The fourth-order valence-electron chi connectivity index (χ4n) is 2.21. The molecule has 98 valence electrons. The lowest BCUT2D eigenvalue weighted by molar-refractivity contribution is 0.500. The number of furan rings is 1. The van der Waals surface area contributed by atoms with E-state index in [4.69, 9.17) is 4.42 Å². The highest BCUT2D eigenvalue weighted by Crippen LogP contribution is 2.32. The van der Waals surface area contributed by atoms with Crippen molar-refractivity contribution in [3.05, 3.63) is 45.5 Å². The lowest BCUT2D eigenvalue weighted by Crippen LogP contribution is -2.23. The Morgan fingerprint density at radius 1 is 1.33 bits per heavy atom. The van der Waals surface area contributed by atoms with Crippen molar-refractivity contribution in [1.82, 2.24) is 5.32 Å². The van der Waals surface area contributed by atoms with Crippen LogP contribution in [0.15, 0.2) is 28.2 Å². The summed E-state index contributed by atoms with van der Waals surface area (Å²) in [7, 11) is 0. The Bertz CT molecular complexity index is 486. The third-order valence-electron chi connectivity index (χ3n) is 3.17. The minimum atomic E-state index is 0.277. The van der Waals surface area contributed by atoms with Gasteiger partial charge in [0.05, 0.1) is 12.3 Å². The highest BCUT2D eigenvalue weighted by molar-refractivity contribution is 7.10. The first-order valence-corrected chi connectivity index (χ1v) is 7.49. The molecule has 0 radical (unpaired) electrons. The molecule has 18 heavy (non-hydrogen) atoms. The van der Waals surface area contributed by atoms with Crippen LogP contribution in [-0.2, 0) is 6.42 Å². The molecule has 1 atom stereocenters. The monoisotopic (exact) mass is 263 g/mol. The lowest BCUT2D eigenvalue weighted by atomic mass is 10.0. The number of hydrogen-bond acceptors (Lipinski definition) is 3. The van der Waals surface area contributed by atoms with Crippen molar-refractivity contribution in [1.29, 1.82) is 0 Å². The normalized spacial score (nSPS) is 12.8. The Morgan fingerprint density at radius 2 is 2.17 bits per heavy atom. The summed E-state index contributed by atoms with van der Waals surface area (Å²) in [5.41, 5.74) is 2.65. The number of thiophene rings is 1. The second-order valence-electron chi connectivity index (χ2n) is 4.51. The fraction of sp³-hybridized carbons (Fsp3) is 0.467. The summed E-state index contributed by atoms with van der Waals surface area (Å²) in [6.07, 6.45) is 3.88. The van der Waals surface area contributed by atoms with E-state index in [0.29, 0.717) is 0 Å². The maximum atomic E-state index is 5.58. The van der Waals surface area contributed by atoms with E-state index < -0.39 is 0 Å². The van der Waals surface area contributed by atoms with Gasteiger partial charge in [0.2, 0.25) is 0 Å². The van der Waals surface area contributed by atoms with E-state index >= 15 is 0 Å². The Labute approximate surface area is 113 Å². The third kappa shape index (κ3) is 2.68. The van der Waals surface area contributed by atoms with E-state index in [1.807, 2.05) is 11.3 Å². The molecule has 0 spiro atoms. The van der Waals surface area contributed by atoms with Crippen LogP contribution in [0.1, 0.15) is 48.1 Å². The quantitative estimate of drug-likeness (QED) is 0.840. The largest absolute Gasteiger partial charge is 0.469 e. The van der Waals surface area contributed by atoms with Crippen molar-refractivity contribution in [3.8, 4) is 0 Å². The summed E-state index contributed by atoms with van der Waals surface area (Å²) >= 11 is 1.82. The van der Waals surface area contributed by atoms with E-state index in [0.717, 1.165) is 25.1 Å².